The topological polar surface area (TPSA) is 93.1 Å². The van der Waals surface area contributed by atoms with Gasteiger partial charge < -0.3 is 19.7 Å². The first kappa shape index (κ1) is 16.6. The van der Waals surface area contributed by atoms with Crippen LogP contribution in [0.25, 0.3) is 0 Å². The average molecular weight is 260 g/mol. The Morgan fingerprint density at radius 1 is 0.889 bits per heavy atom. The van der Waals surface area contributed by atoms with E-state index in [2.05, 4.69) is 0 Å². The van der Waals surface area contributed by atoms with Crippen LogP contribution >= 0.6 is 0 Å². The molecule has 0 saturated carbocycles. The van der Waals surface area contributed by atoms with Crippen molar-refractivity contribution in [2.75, 3.05) is 27.4 Å². The Labute approximate surface area is 106 Å². The Morgan fingerprint density at radius 2 is 1.17 bits per heavy atom. The summed E-state index contributed by atoms with van der Waals surface area (Å²) < 4.78 is 9.77. The third-order valence-corrected chi connectivity index (χ3v) is 2.57. The van der Waals surface area contributed by atoms with Crippen LogP contribution in [-0.4, -0.2) is 49.6 Å². The van der Waals surface area contributed by atoms with Crippen molar-refractivity contribution in [3.05, 3.63) is 11.1 Å². The van der Waals surface area contributed by atoms with E-state index in [1.54, 1.807) is 13.8 Å². The van der Waals surface area contributed by atoms with Gasteiger partial charge in [-0.25, -0.2) is 9.59 Å². The van der Waals surface area contributed by atoms with Crippen LogP contribution in [0.5, 0.6) is 0 Å². The number of rotatable bonds is 8. The summed E-state index contributed by atoms with van der Waals surface area (Å²) in [4.78, 5) is 22.5. The van der Waals surface area contributed by atoms with Gasteiger partial charge in [-0.3, -0.25) is 0 Å². The maximum Gasteiger partial charge on any atom is 0.332 e. The molecule has 0 amide bonds. The van der Waals surface area contributed by atoms with Gasteiger partial charge in [0.25, 0.3) is 0 Å². The van der Waals surface area contributed by atoms with Gasteiger partial charge in [-0.1, -0.05) is 13.8 Å². The highest BCUT2D eigenvalue weighted by Gasteiger charge is 2.28. The summed E-state index contributed by atoms with van der Waals surface area (Å²) in [5.41, 5.74) is -0.261. The lowest BCUT2D eigenvalue weighted by Crippen LogP contribution is -2.25. The Morgan fingerprint density at radius 3 is 1.33 bits per heavy atom. The van der Waals surface area contributed by atoms with Crippen LogP contribution < -0.4 is 0 Å². The molecule has 18 heavy (non-hydrogen) atoms. The van der Waals surface area contributed by atoms with E-state index in [1.807, 2.05) is 0 Å². The molecule has 0 radical (unpaired) electrons. The van der Waals surface area contributed by atoms with Crippen molar-refractivity contribution in [2.45, 2.75) is 13.8 Å². The fourth-order valence-corrected chi connectivity index (χ4v) is 1.85. The van der Waals surface area contributed by atoms with E-state index in [1.165, 1.54) is 14.2 Å². The van der Waals surface area contributed by atoms with Crippen LogP contribution in [0.2, 0.25) is 0 Å². The predicted octanol–water partition coefficient (Wildman–Crippen LogP) is 1.02. The molecule has 0 aliphatic rings. The standard InChI is InChI=1S/C12H20O6/c1-7(5-17-3)9(11(13)14)10(12(15)16)8(2)6-18-4/h7-8H,5-6H2,1-4H3,(H,13,14)(H,15,16)/b10-9-. The minimum Gasteiger partial charge on any atom is -0.478 e. The Balaban J connectivity index is 5.57. The molecule has 0 saturated heterocycles. The van der Waals surface area contributed by atoms with Gasteiger partial charge in [-0.05, 0) is 0 Å². The third kappa shape index (κ3) is 4.46. The first-order chi connectivity index (χ1) is 8.36. The third-order valence-electron chi connectivity index (χ3n) is 2.57. The second-order valence-electron chi connectivity index (χ2n) is 4.15. The van der Waals surface area contributed by atoms with E-state index in [0.29, 0.717) is 0 Å². The van der Waals surface area contributed by atoms with E-state index in [4.69, 9.17) is 9.47 Å². The van der Waals surface area contributed by atoms with Crippen molar-refractivity contribution in [1.29, 1.82) is 0 Å². The SMILES string of the molecule is COCC(C)/C(C(=O)O)=C(/C(=O)O)C(C)COC. The van der Waals surface area contributed by atoms with Gasteiger partial charge in [-0.15, -0.1) is 0 Å². The summed E-state index contributed by atoms with van der Waals surface area (Å²) in [6.07, 6.45) is 0. The first-order valence-corrected chi connectivity index (χ1v) is 5.55. The summed E-state index contributed by atoms with van der Waals surface area (Å²) >= 11 is 0. The van der Waals surface area contributed by atoms with E-state index in [9.17, 15) is 19.8 Å². The molecule has 2 unspecified atom stereocenters. The molecule has 2 N–H and O–H groups in total. The average Bonchev–Trinajstić information content (AvgIpc) is 2.24. The summed E-state index contributed by atoms with van der Waals surface area (Å²) in [5, 5.41) is 18.4. The molecule has 0 spiro atoms. The zero-order chi connectivity index (χ0) is 14.3. The molecule has 104 valence electrons. The molecule has 0 heterocycles. The van der Waals surface area contributed by atoms with E-state index < -0.39 is 23.8 Å². The molecule has 2 atom stereocenters. The van der Waals surface area contributed by atoms with Gasteiger partial charge >= 0.3 is 11.9 Å². The molecule has 0 aromatic heterocycles. The smallest absolute Gasteiger partial charge is 0.332 e. The molecule has 0 fully saturated rings. The molecule has 0 bridgehead atoms. The lowest BCUT2D eigenvalue weighted by atomic mass is 9.89. The maximum absolute atomic E-state index is 11.3. The van der Waals surface area contributed by atoms with Crippen molar-refractivity contribution >= 4 is 11.9 Å². The largest absolute Gasteiger partial charge is 0.478 e. The van der Waals surface area contributed by atoms with Crippen molar-refractivity contribution < 1.29 is 29.3 Å². The summed E-state index contributed by atoms with van der Waals surface area (Å²) in [6.45, 7) is 3.54. The molecule has 0 aromatic carbocycles. The van der Waals surface area contributed by atoms with E-state index in [0.717, 1.165) is 0 Å². The number of hydrogen-bond donors (Lipinski definition) is 2. The van der Waals surface area contributed by atoms with Crippen molar-refractivity contribution in [1.82, 2.24) is 0 Å². The number of ether oxygens (including phenoxy) is 2. The Kier molecular flexibility index (Phi) is 7.23. The number of carboxylic acids is 2. The molecule has 0 aliphatic heterocycles. The van der Waals surface area contributed by atoms with Crippen LogP contribution in [-0.2, 0) is 19.1 Å². The molecule has 0 rings (SSSR count). The number of aliphatic carboxylic acids is 2. The quantitative estimate of drug-likeness (QED) is 0.633. The van der Waals surface area contributed by atoms with Crippen LogP contribution in [0.15, 0.2) is 11.1 Å². The summed E-state index contributed by atoms with van der Waals surface area (Å²) in [7, 11) is 2.88. The molecular formula is C12H20O6. The lowest BCUT2D eigenvalue weighted by molar-refractivity contribution is -0.137. The Hall–Kier alpha value is -1.40. The fraction of sp³-hybridized carbons (Fsp3) is 0.667. The van der Waals surface area contributed by atoms with Crippen LogP contribution in [0.1, 0.15) is 13.8 Å². The molecule has 6 nitrogen and oxygen atoms in total. The molecule has 0 aliphatic carbocycles. The zero-order valence-corrected chi connectivity index (χ0v) is 11.1. The highest BCUT2D eigenvalue weighted by molar-refractivity contribution is 5.99. The maximum atomic E-state index is 11.3. The number of carboxylic acid groups (broad SMARTS) is 2. The van der Waals surface area contributed by atoms with Gasteiger partial charge in [0.15, 0.2) is 0 Å². The monoisotopic (exact) mass is 260 g/mol. The van der Waals surface area contributed by atoms with Gasteiger partial charge in [0.05, 0.1) is 24.4 Å². The second-order valence-corrected chi connectivity index (χ2v) is 4.15. The second kappa shape index (κ2) is 7.84. The van der Waals surface area contributed by atoms with Gasteiger partial charge in [0.2, 0.25) is 0 Å². The van der Waals surface area contributed by atoms with Crippen LogP contribution in [0.4, 0.5) is 0 Å². The number of methoxy groups -OCH3 is 2. The Bertz CT molecular complexity index is 301. The number of carbonyl (C=O) groups is 2. The van der Waals surface area contributed by atoms with E-state index in [-0.39, 0.29) is 24.4 Å². The lowest BCUT2D eigenvalue weighted by Gasteiger charge is -2.19. The van der Waals surface area contributed by atoms with Crippen molar-refractivity contribution in [2.24, 2.45) is 11.8 Å². The van der Waals surface area contributed by atoms with E-state index >= 15 is 0 Å². The van der Waals surface area contributed by atoms with Crippen molar-refractivity contribution in [3.8, 4) is 0 Å². The molecule has 6 heteroatoms. The number of hydrogen-bond acceptors (Lipinski definition) is 4. The normalized spacial score (nSPS) is 15.8. The summed E-state index contributed by atoms with van der Waals surface area (Å²) in [6, 6.07) is 0. The molecule has 0 aromatic rings. The van der Waals surface area contributed by atoms with Crippen molar-refractivity contribution in [3.63, 3.8) is 0 Å². The highest BCUT2D eigenvalue weighted by Crippen LogP contribution is 2.23. The first-order valence-electron chi connectivity index (χ1n) is 5.55. The minimum atomic E-state index is -1.24. The van der Waals surface area contributed by atoms with Gasteiger partial charge in [-0.2, -0.15) is 0 Å². The summed E-state index contributed by atoms with van der Waals surface area (Å²) in [5.74, 6) is -3.48. The van der Waals surface area contributed by atoms with Gasteiger partial charge in [0.1, 0.15) is 0 Å². The predicted molar refractivity (Wildman–Crippen MR) is 64.4 cm³/mol. The fourth-order valence-electron chi connectivity index (χ4n) is 1.85. The molecular weight excluding hydrogens is 240 g/mol. The van der Waals surface area contributed by atoms with Crippen LogP contribution in [0, 0.1) is 11.8 Å². The van der Waals surface area contributed by atoms with Crippen LogP contribution in [0.3, 0.4) is 0 Å². The minimum absolute atomic E-state index is 0.131. The van der Waals surface area contributed by atoms with Gasteiger partial charge in [0, 0.05) is 26.1 Å². The highest BCUT2D eigenvalue weighted by atomic mass is 16.5. The zero-order valence-electron chi connectivity index (χ0n) is 11.1.